The summed E-state index contributed by atoms with van der Waals surface area (Å²) in [5, 5.41) is 3.02. The van der Waals surface area contributed by atoms with E-state index in [1.165, 1.54) is 23.3 Å². The SMILES string of the molecule is C/C(=C\Sc1ccc(F)cc1)C(=Nc1ccc(C)cc1)Sc1ccc(C)cc1. The number of thioether (sulfide) groups is 2. The maximum atomic E-state index is 13.1. The average Bonchev–Trinajstić information content (AvgIpc) is 2.70. The lowest BCUT2D eigenvalue weighted by atomic mass is 10.2. The molecule has 28 heavy (non-hydrogen) atoms. The molecule has 0 N–H and O–H groups in total. The van der Waals surface area contributed by atoms with E-state index in [4.69, 9.17) is 4.99 Å². The van der Waals surface area contributed by atoms with Gasteiger partial charge in [-0.05, 0) is 80.3 Å². The van der Waals surface area contributed by atoms with Gasteiger partial charge in [-0.1, -0.05) is 58.9 Å². The number of aliphatic imine (C=N–C) groups is 1. The maximum Gasteiger partial charge on any atom is 0.123 e. The summed E-state index contributed by atoms with van der Waals surface area (Å²) in [6.45, 7) is 6.21. The van der Waals surface area contributed by atoms with E-state index >= 15 is 0 Å². The van der Waals surface area contributed by atoms with Gasteiger partial charge >= 0.3 is 0 Å². The molecule has 0 saturated carbocycles. The first-order chi connectivity index (χ1) is 13.5. The van der Waals surface area contributed by atoms with Crippen LogP contribution in [0.3, 0.4) is 0 Å². The van der Waals surface area contributed by atoms with Crippen LogP contribution in [0.15, 0.2) is 98.6 Å². The quantitative estimate of drug-likeness (QED) is 0.242. The summed E-state index contributed by atoms with van der Waals surface area (Å²) in [6, 6.07) is 23.2. The first-order valence-electron chi connectivity index (χ1n) is 8.99. The Morgan fingerprint density at radius 1 is 0.786 bits per heavy atom. The molecule has 0 atom stereocenters. The third-order valence-electron chi connectivity index (χ3n) is 4.02. The van der Waals surface area contributed by atoms with E-state index < -0.39 is 0 Å². The fraction of sp³-hybridized carbons (Fsp3) is 0.125. The second kappa shape index (κ2) is 9.76. The second-order valence-electron chi connectivity index (χ2n) is 6.54. The summed E-state index contributed by atoms with van der Waals surface area (Å²) >= 11 is 3.22. The van der Waals surface area contributed by atoms with E-state index in [0.717, 1.165) is 26.1 Å². The van der Waals surface area contributed by atoms with Gasteiger partial charge in [0.25, 0.3) is 0 Å². The van der Waals surface area contributed by atoms with Gasteiger partial charge in [-0.2, -0.15) is 0 Å². The van der Waals surface area contributed by atoms with Gasteiger partial charge in [0.15, 0.2) is 0 Å². The molecule has 0 radical (unpaired) electrons. The molecule has 0 aliphatic carbocycles. The minimum Gasteiger partial charge on any atom is -0.241 e. The fourth-order valence-electron chi connectivity index (χ4n) is 2.37. The van der Waals surface area contributed by atoms with Crippen LogP contribution in [0.2, 0.25) is 0 Å². The van der Waals surface area contributed by atoms with Crippen molar-refractivity contribution >= 4 is 34.3 Å². The van der Waals surface area contributed by atoms with E-state index in [1.54, 1.807) is 35.7 Å². The van der Waals surface area contributed by atoms with E-state index in [-0.39, 0.29) is 5.82 Å². The molecule has 0 bridgehead atoms. The monoisotopic (exact) mass is 407 g/mol. The zero-order chi connectivity index (χ0) is 19.9. The Balaban J connectivity index is 1.87. The number of halogens is 1. The normalized spacial score (nSPS) is 12.3. The smallest absolute Gasteiger partial charge is 0.123 e. The Hall–Kier alpha value is -2.30. The molecule has 0 aliphatic rings. The van der Waals surface area contributed by atoms with Crippen LogP contribution in [0.5, 0.6) is 0 Å². The van der Waals surface area contributed by atoms with Crippen molar-refractivity contribution in [2.24, 2.45) is 4.99 Å². The van der Waals surface area contributed by atoms with Crippen LogP contribution in [0.4, 0.5) is 10.1 Å². The molecule has 3 aromatic carbocycles. The van der Waals surface area contributed by atoms with Crippen molar-refractivity contribution in [3.8, 4) is 0 Å². The lowest BCUT2D eigenvalue weighted by Gasteiger charge is -2.08. The summed E-state index contributed by atoms with van der Waals surface area (Å²) in [6.07, 6.45) is 0. The lowest BCUT2D eigenvalue weighted by molar-refractivity contribution is 0.626. The molecule has 3 aromatic rings. The summed E-state index contributed by atoms with van der Waals surface area (Å²) in [7, 11) is 0. The van der Waals surface area contributed by atoms with Crippen LogP contribution in [0.25, 0.3) is 0 Å². The van der Waals surface area contributed by atoms with Crippen molar-refractivity contribution in [2.75, 3.05) is 0 Å². The van der Waals surface area contributed by atoms with Crippen molar-refractivity contribution in [3.05, 3.63) is 101 Å². The molecule has 0 amide bonds. The second-order valence-corrected chi connectivity index (χ2v) is 8.55. The molecular formula is C24H22FNS2. The molecule has 0 aliphatic heterocycles. The van der Waals surface area contributed by atoms with Crippen molar-refractivity contribution in [1.29, 1.82) is 0 Å². The van der Waals surface area contributed by atoms with Crippen LogP contribution < -0.4 is 0 Å². The summed E-state index contributed by atoms with van der Waals surface area (Å²) in [4.78, 5) is 7.03. The number of hydrogen-bond donors (Lipinski definition) is 0. The van der Waals surface area contributed by atoms with E-state index in [0.29, 0.717) is 0 Å². The minimum absolute atomic E-state index is 0.221. The Morgan fingerprint density at radius 3 is 1.93 bits per heavy atom. The average molecular weight is 408 g/mol. The van der Waals surface area contributed by atoms with E-state index in [1.807, 2.05) is 12.1 Å². The first kappa shape index (κ1) is 20.4. The predicted octanol–water partition coefficient (Wildman–Crippen LogP) is 7.96. The van der Waals surface area contributed by atoms with Gasteiger partial charge in [-0.3, -0.25) is 0 Å². The Kier molecular flexibility index (Phi) is 7.12. The number of benzene rings is 3. The number of hydrogen-bond acceptors (Lipinski definition) is 3. The molecule has 0 unspecified atom stereocenters. The molecule has 0 aromatic heterocycles. The van der Waals surface area contributed by atoms with Gasteiger partial charge in [-0.15, -0.1) is 0 Å². The van der Waals surface area contributed by atoms with Gasteiger partial charge < -0.3 is 0 Å². The highest BCUT2D eigenvalue weighted by molar-refractivity contribution is 8.14. The summed E-state index contributed by atoms with van der Waals surface area (Å²) < 4.78 is 13.1. The van der Waals surface area contributed by atoms with Gasteiger partial charge in [0.2, 0.25) is 0 Å². The molecule has 0 spiro atoms. The largest absolute Gasteiger partial charge is 0.241 e. The zero-order valence-electron chi connectivity index (χ0n) is 16.1. The van der Waals surface area contributed by atoms with Crippen LogP contribution >= 0.6 is 23.5 Å². The first-order valence-corrected chi connectivity index (χ1v) is 10.7. The molecule has 0 saturated heterocycles. The number of nitrogens with zero attached hydrogens (tertiary/aromatic N) is 1. The van der Waals surface area contributed by atoms with Crippen LogP contribution in [0, 0.1) is 19.7 Å². The molecular weight excluding hydrogens is 385 g/mol. The highest BCUT2D eigenvalue weighted by Crippen LogP contribution is 2.29. The van der Waals surface area contributed by atoms with Gasteiger partial charge in [-0.25, -0.2) is 9.38 Å². The molecule has 1 nitrogen and oxygen atoms in total. The Labute approximate surface area is 174 Å². The van der Waals surface area contributed by atoms with Crippen LogP contribution in [-0.4, -0.2) is 5.04 Å². The lowest BCUT2D eigenvalue weighted by Crippen LogP contribution is -1.94. The van der Waals surface area contributed by atoms with E-state index in [2.05, 4.69) is 62.6 Å². The van der Waals surface area contributed by atoms with E-state index in [9.17, 15) is 4.39 Å². The van der Waals surface area contributed by atoms with Crippen molar-refractivity contribution in [2.45, 2.75) is 30.6 Å². The molecule has 4 heteroatoms. The molecule has 142 valence electrons. The van der Waals surface area contributed by atoms with Crippen molar-refractivity contribution < 1.29 is 4.39 Å². The van der Waals surface area contributed by atoms with Crippen LogP contribution in [0.1, 0.15) is 18.1 Å². The van der Waals surface area contributed by atoms with Gasteiger partial charge in [0, 0.05) is 9.79 Å². The van der Waals surface area contributed by atoms with Crippen molar-refractivity contribution in [1.82, 2.24) is 0 Å². The summed E-state index contributed by atoms with van der Waals surface area (Å²) in [5.41, 5.74) is 4.45. The highest BCUT2D eigenvalue weighted by Gasteiger charge is 2.07. The third kappa shape index (κ3) is 6.11. The summed E-state index contributed by atoms with van der Waals surface area (Å²) in [5.74, 6) is -0.221. The highest BCUT2D eigenvalue weighted by atomic mass is 32.2. The topological polar surface area (TPSA) is 12.4 Å². The zero-order valence-corrected chi connectivity index (χ0v) is 17.8. The number of aryl methyl sites for hydroxylation is 2. The molecule has 3 rings (SSSR count). The van der Waals surface area contributed by atoms with Gasteiger partial charge in [0.1, 0.15) is 10.9 Å². The standard InChI is InChI=1S/C24H22FNS2/c1-17-4-10-21(11-5-17)26-24(28-23-12-6-18(2)7-13-23)19(3)16-27-22-14-8-20(25)9-15-22/h4-16H,1-3H3/b19-16+,26-24?. The third-order valence-corrected chi connectivity index (χ3v) is 6.15. The van der Waals surface area contributed by atoms with Crippen molar-refractivity contribution in [3.63, 3.8) is 0 Å². The predicted molar refractivity (Wildman–Crippen MR) is 121 cm³/mol. The maximum absolute atomic E-state index is 13.1. The fourth-order valence-corrected chi connectivity index (χ4v) is 4.02. The Morgan fingerprint density at radius 2 is 1.32 bits per heavy atom. The molecule has 0 fully saturated rings. The number of rotatable bonds is 5. The Bertz CT molecular complexity index is 973. The van der Waals surface area contributed by atoms with Gasteiger partial charge in [0.05, 0.1) is 5.69 Å². The van der Waals surface area contributed by atoms with Crippen LogP contribution in [-0.2, 0) is 0 Å². The minimum atomic E-state index is -0.221. The molecule has 0 heterocycles.